The first-order chi connectivity index (χ1) is 14.2. The molecule has 3 rings (SSSR count). The first kappa shape index (κ1) is 24.2. The Morgan fingerprint density at radius 3 is 2.39 bits per heavy atom. The van der Waals surface area contributed by atoms with Crippen LogP contribution in [0.2, 0.25) is 5.02 Å². The van der Waals surface area contributed by atoms with Gasteiger partial charge in [-0.2, -0.15) is 0 Å². The van der Waals surface area contributed by atoms with Crippen molar-refractivity contribution >= 4 is 27.4 Å². The van der Waals surface area contributed by atoms with Crippen molar-refractivity contribution in [3.63, 3.8) is 0 Å². The third-order valence-corrected chi connectivity index (χ3v) is 8.52. The molecule has 9 heteroatoms. The predicted molar refractivity (Wildman–Crippen MR) is 115 cm³/mol. The average Bonchev–Trinajstić information content (AvgIpc) is 2.80. The van der Waals surface area contributed by atoms with Crippen LogP contribution in [0.3, 0.4) is 0 Å². The quantitative estimate of drug-likeness (QED) is 0.590. The van der Waals surface area contributed by atoms with Crippen molar-refractivity contribution in [3.8, 4) is 0 Å². The summed E-state index contributed by atoms with van der Waals surface area (Å²) in [6.07, 6.45) is 1.82. The van der Waals surface area contributed by atoms with Gasteiger partial charge in [0.05, 0.1) is 34.4 Å². The second kappa shape index (κ2) is 8.14. The van der Waals surface area contributed by atoms with Crippen LogP contribution >= 0.6 is 11.6 Å². The summed E-state index contributed by atoms with van der Waals surface area (Å²) in [6, 6.07) is 3.55. The molecule has 1 unspecified atom stereocenters. The van der Waals surface area contributed by atoms with Crippen LogP contribution in [0.1, 0.15) is 53.0 Å². The van der Waals surface area contributed by atoms with Crippen molar-refractivity contribution in [2.45, 2.75) is 75.5 Å². The summed E-state index contributed by atoms with van der Waals surface area (Å²) >= 11 is 6.03. The standard InChI is InChI=1S/C22H28ClFO6S/c1-6-28-19(25)16-12-22(29-20(2,3)21(4,5)30-22)10-9-18(16)31(26,27)13-14-7-8-15(24)11-17(14)23/h7-8,11-12,18H,6,9-10,13H2,1-5H3. The van der Waals surface area contributed by atoms with Gasteiger partial charge >= 0.3 is 5.97 Å². The van der Waals surface area contributed by atoms with E-state index in [0.717, 1.165) is 12.1 Å². The highest BCUT2D eigenvalue weighted by Gasteiger charge is 2.58. The lowest BCUT2D eigenvalue weighted by molar-refractivity contribution is -0.165. The number of hydrogen-bond donors (Lipinski definition) is 0. The zero-order valence-electron chi connectivity index (χ0n) is 18.3. The van der Waals surface area contributed by atoms with Crippen LogP contribution in [0.15, 0.2) is 29.8 Å². The van der Waals surface area contributed by atoms with Crippen molar-refractivity contribution in [2.75, 3.05) is 6.61 Å². The van der Waals surface area contributed by atoms with Crippen LogP contribution in [-0.4, -0.2) is 43.2 Å². The summed E-state index contributed by atoms with van der Waals surface area (Å²) in [5.74, 6) is -2.93. The number of carbonyl (C=O) groups is 1. The molecule has 0 radical (unpaired) electrons. The molecule has 31 heavy (non-hydrogen) atoms. The third-order valence-electron chi connectivity index (χ3n) is 6.10. The highest BCUT2D eigenvalue weighted by molar-refractivity contribution is 7.91. The van der Waals surface area contributed by atoms with Gasteiger partial charge in [0, 0.05) is 11.4 Å². The van der Waals surface area contributed by atoms with Gasteiger partial charge in [-0.1, -0.05) is 17.7 Å². The number of rotatable bonds is 5. The molecule has 172 valence electrons. The summed E-state index contributed by atoms with van der Waals surface area (Å²) < 4.78 is 57.5. The van der Waals surface area contributed by atoms with E-state index in [0.29, 0.717) is 0 Å². The topological polar surface area (TPSA) is 78.9 Å². The number of esters is 1. The van der Waals surface area contributed by atoms with E-state index < -0.39 is 49.6 Å². The first-order valence-electron chi connectivity index (χ1n) is 10.2. The average molecular weight is 475 g/mol. The van der Waals surface area contributed by atoms with E-state index >= 15 is 0 Å². The molecule has 1 aromatic carbocycles. The lowest BCUT2D eigenvalue weighted by Crippen LogP contribution is -2.42. The SMILES string of the molecule is CCOC(=O)C1=CC2(CCC1S(=O)(=O)Cc1ccc(F)cc1Cl)OC(C)(C)C(C)(C)O2. The predicted octanol–water partition coefficient (Wildman–Crippen LogP) is 4.35. The Kier molecular flexibility index (Phi) is 6.34. The molecule has 2 aliphatic rings. The molecule has 1 atom stereocenters. The van der Waals surface area contributed by atoms with Gasteiger partial charge in [-0.3, -0.25) is 0 Å². The van der Waals surface area contributed by atoms with E-state index in [1.54, 1.807) is 6.92 Å². The van der Waals surface area contributed by atoms with Gasteiger partial charge in [0.25, 0.3) is 0 Å². The van der Waals surface area contributed by atoms with Gasteiger partial charge in [-0.25, -0.2) is 17.6 Å². The maximum absolute atomic E-state index is 13.4. The molecule has 1 heterocycles. The molecule has 1 fully saturated rings. The number of sulfone groups is 1. The Labute approximate surface area is 187 Å². The largest absolute Gasteiger partial charge is 0.463 e. The molecule has 6 nitrogen and oxygen atoms in total. The van der Waals surface area contributed by atoms with Gasteiger partial charge in [-0.05, 0) is 64.8 Å². The summed E-state index contributed by atoms with van der Waals surface area (Å²) in [4.78, 5) is 12.7. The maximum atomic E-state index is 13.4. The van der Waals surface area contributed by atoms with Crippen LogP contribution in [0, 0.1) is 5.82 Å². The Morgan fingerprint density at radius 1 is 1.23 bits per heavy atom. The molecule has 0 amide bonds. The van der Waals surface area contributed by atoms with Crippen LogP contribution in [0.5, 0.6) is 0 Å². The molecule has 1 aliphatic heterocycles. The van der Waals surface area contributed by atoms with Crippen molar-refractivity contribution in [1.82, 2.24) is 0 Å². The monoisotopic (exact) mass is 474 g/mol. The van der Waals surface area contributed by atoms with Crippen molar-refractivity contribution in [3.05, 3.63) is 46.3 Å². The number of benzene rings is 1. The van der Waals surface area contributed by atoms with Gasteiger partial charge in [-0.15, -0.1) is 0 Å². The normalized spacial score (nSPS) is 24.1. The fourth-order valence-electron chi connectivity index (χ4n) is 3.92. The number of carbonyl (C=O) groups excluding carboxylic acids is 1. The van der Waals surface area contributed by atoms with Crippen molar-refractivity contribution in [2.24, 2.45) is 0 Å². The highest BCUT2D eigenvalue weighted by atomic mass is 35.5. The minimum atomic E-state index is -3.88. The molecule has 0 aromatic heterocycles. The number of hydrogen-bond acceptors (Lipinski definition) is 6. The molecule has 1 spiro atoms. The van der Waals surface area contributed by atoms with E-state index in [4.69, 9.17) is 25.8 Å². The van der Waals surface area contributed by atoms with E-state index in [2.05, 4.69) is 0 Å². The van der Waals surface area contributed by atoms with Crippen LogP contribution in [0.25, 0.3) is 0 Å². The first-order valence-corrected chi connectivity index (χ1v) is 12.3. The highest BCUT2D eigenvalue weighted by Crippen LogP contribution is 2.49. The maximum Gasteiger partial charge on any atom is 0.335 e. The zero-order chi connectivity index (χ0) is 23.2. The second-order valence-electron chi connectivity index (χ2n) is 8.93. The Hall–Kier alpha value is -1.48. The Morgan fingerprint density at radius 2 is 1.84 bits per heavy atom. The van der Waals surface area contributed by atoms with Crippen LogP contribution < -0.4 is 0 Å². The molecular formula is C22H28ClFO6S. The summed E-state index contributed by atoms with van der Waals surface area (Å²) in [6.45, 7) is 9.29. The van der Waals surface area contributed by atoms with Crippen molar-refractivity contribution < 1.29 is 31.8 Å². The van der Waals surface area contributed by atoms with Gasteiger partial charge in [0.1, 0.15) is 5.82 Å². The van der Waals surface area contributed by atoms with E-state index in [-0.39, 0.29) is 35.6 Å². The minimum Gasteiger partial charge on any atom is -0.463 e. The molecule has 1 aliphatic carbocycles. The molecule has 1 saturated heterocycles. The minimum absolute atomic E-state index is 0.0140. The fraction of sp³-hybridized carbons (Fsp3) is 0.591. The zero-order valence-corrected chi connectivity index (χ0v) is 19.9. The van der Waals surface area contributed by atoms with Crippen LogP contribution in [0.4, 0.5) is 4.39 Å². The summed E-state index contributed by atoms with van der Waals surface area (Å²) in [5.41, 5.74) is -1.06. The number of halogens is 2. The lowest BCUT2D eigenvalue weighted by Gasteiger charge is -2.34. The number of ether oxygens (including phenoxy) is 3. The van der Waals surface area contributed by atoms with E-state index in [1.165, 1.54) is 12.1 Å². The van der Waals surface area contributed by atoms with E-state index in [1.807, 2.05) is 27.7 Å². The van der Waals surface area contributed by atoms with E-state index in [9.17, 15) is 17.6 Å². The van der Waals surface area contributed by atoms with Crippen molar-refractivity contribution in [1.29, 1.82) is 0 Å². The third kappa shape index (κ3) is 4.67. The lowest BCUT2D eigenvalue weighted by atomic mass is 9.90. The van der Waals surface area contributed by atoms with Gasteiger partial charge in [0.2, 0.25) is 0 Å². The summed E-state index contributed by atoms with van der Waals surface area (Å²) in [5, 5.41) is -1.10. The van der Waals surface area contributed by atoms with Crippen LogP contribution in [-0.2, 0) is 34.6 Å². The Bertz CT molecular complexity index is 999. The smallest absolute Gasteiger partial charge is 0.335 e. The summed E-state index contributed by atoms with van der Waals surface area (Å²) in [7, 11) is -3.88. The molecular weight excluding hydrogens is 447 g/mol. The van der Waals surface area contributed by atoms with Gasteiger partial charge in [0.15, 0.2) is 15.6 Å². The molecule has 0 bridgehead atoms. The molecule has 0 saturated carbocycles. The Balaban J connectivity index is 1.99. The second-order valence-corrected chi connectivity index (χ2v) is 11.5. The molecule has 1 aromatic rings. The fourth-order valence-corrected chi connectivity index (χ4v) is 6.14. The van der Waals surface area contributed by atoms with Gasteiger partial charge < -0.3 is 14.2 Å². The molecule has 0 N–H and O–H groups in total.